The van der Waals surface area contributed by atoms with E-state index in [0.29, 0.717) is 19.0 Å². The summed E-state index contributed by atoms with van der Waals surface area (Å²) in [5, 5.41) is 12.7. The average molecular weight is 232 g/mol. The first-order chi connectivity index (χ1) is 7.52. The van der Waals surface area contributed by atoms with Crippen LogP contribution in [0.15, 0.2) is 0 Å². The molecular formula is C12H28N2O2. The van der Waals surface area contributed by atoms with Gasteiger partial charge >= 0.3 is 0 Å². The van der Waals surface area contributed by atoms with Gasteiger partial charge < -0.3 is 20.1 Å². The van der Waals surface area contributed by atoms with Crippen LogP contribution in [0.2, 0.25) is 0 Å². The van der Waals surface area contributed by atoms with Crippen LogP contribution in [-0.2, 0) is 4.74 Å². The van der Waals surface area contributed by atoms with Gasteiger partial charge in [0.1, 0.15) is 0 Å². The van der Waals surface area contributed by atoms with Crippen molar-refractivity contribution in [2.45, 2.75) is 26.4 Å². The molecule has 4 nitrogen and oxygen atoms in total. The molecule has 0 aromatic heterocycles. The van der Waals surface area contributed by atoms with E-state index in [2.05, 4.69) is 19.2 Å². The maximum Gasteiger partial charge on any atom is 0.0791 e. The summed E-state index contributed by atoms with van der Waals surface area (Å²) in [4.78, 5) is 1.98. The van der Waals surface area contributed by atoms with Crippen molar-refractivity contribution in [2.75, 3.05) is 46.9 Å². The molecule has 0 saturated carbocycles. The zero-order valence-electron chi connectivity index (χ0n) is 11.2. The van der Waals surface area contributed by atoms with Crippen LogP contribution in [0.25, 0.3) is 0 Å². The zero-order chi connectivity index (χ0) is 12.4. The standard InChI is InChI=1S/C12H28N2O2/c1-11(2)5-7-16-8-6-13-9-12(15)10-14(3)4/h11-13,15H,5-10H2,1-4H3. The zero-order valence-corrected chi connectivity index (χ0v) is 11.2. The first-order valence-electron chi connectivity index (χ1n) is 6.13. The second-order valence-corrected chi connectivity index (χ2v) is 4.92. The van der Waals surface area contributed by atoms with Gasteiger partial charge in [0, 0.05) is 26.2 Å². The van der Waals surface area contributed by atoms with E-state index in [-0.39, 0.29) is 6.10 Å². The van der Waals surface area contributed by atoms with Gasteiger partial charge in [-0.1, -0.05) is 13.8 Å². The summed E-state index contributed by atoms with van der Waals surface area (Å²) in [6.07, 6.45) is 0.814. The molecule has 4 heteroatoms. The van der Waals surface area contributed by atoms with Crippen molar-refractivity contribution in [3.05, 3.63) is 0 Å². The molecule has 2 N–H and O–H groups in total. The van der Waals surface area contributed by atoms with Gasteiger partial charge in [-0.05, 0) is 26.4 Å². The highest BCUT2D eigenvalue weighted by atomic mass is 16.5. The lowest BCUT2D eigenvalue weighted by Gasteiger charge is -2.16. The third-order valence-electron chi connectivity index (χ3n) is 2.22. The minimum Gasteiger partial charge on any atom is -0.390 e. The Labute approximate surface area is 100.0 Å². The summed E-state index contributed by atoms with van der Waals surface area (Å²) in [5.74, 6) is 0.704. The van der Waals surface area contributed by atoms with Gasteiger partial charge in [-0.3, -0.25) is 0 Å². The fraction of sp³-hybridized carbons (Fsp3) is 1.00. The normalized spacial score (nSPS) is 13.7. The van der Waals surface area contributed by atoms with E-state index >= 15 is 0 Å². The maximum atomic E-state index is 9.55. The summed E-state index contributed by atoms with van der Waals surface area (Å²) >= 11 is 0. The molecule has 0 aromatic carbocycles. The Morgan fingerprint density at radius 3 is 2.50 bits per heavy atom. The number of nitrogens with one attached hydrogen (secondary N) is 1. The molecular weight excluding hydrogens is 204 g/mol. The Kier molecular flexibility index (Phi) is 9.92. The molecule has 0 saturated heterocycles. The Hall–Kier alpha value is -0.160. The van der Waals surface area contributed by atoms with Gasteiger partial charge in [0.15, 0.2) is 0 Å². The van der Waals surface area contributed by atoms with Crippen LogP contribution in [0.3, 0.4) is 0 Å². The number of hydrogen-bond acceptors (Lipinski definition) is 4. The van der Waals surface area contributed by atoms with E-state index in [9.17, 15) is 5.11 Å². The molecule has 0 aliphatic carbocycles. The van der Waals surface area contributed by atoms with Crippen molar-refractivity contribution in [2.24, 2.45) is 5.92 Å². The number of nitrogens with zero attached hydrogens (tertiary/aromatic N) is 1. The molecule has 0 radical (unpaired) electrons. The van der Waals surface area contributed by atoms with Crippen LogP contribution >= 0.6 is 0 Å². The number of ether oxygens (including phenoxy) is 1. The fourth-order valence-corrected chi connectivity index (χ4v) is 1.32. The van der Waals surface area contributed by atoms with E-state index < -0.39 is 0 Å². The number of hydrogen-bond donors (Lipinski definition) is 2. The fourth-order valence-electron chi connectivity index (χ4n) is 1.32. The molecule has 98 valence electrons. The topological polar surface area (TPSA) is 44.7 Å². The van der Waals surface area contributed by atoms with Crippen molar-refractivity contribution >= 4 is 0 Å². The molecule has 1 atom stereocenters. The van der Waals surface area contributed by atoms with Crippen molar-refractivity contribution in [3.63, 3.8) is 0 Å². The van der Waals surface area contributed by atoms with Crippen LogP contribution in [0, 0.1) is 5.92 Å². The Balaban J connectivity index is 3.14. The van der Waals surface area contributed by atoms with Gasteiger partial charge in [-0.15, -0.1) is 0 Å². The minimum atomic E-state index is -0.300. The highest BCUT2D eigenvalue weighted by Crippen LogP contribution is 1.98. The molecule has 0 amide bonds. The molecule has 0 rings (SSSR count). The second-order valence-electron chi connectivity index (χ2n) is 4.92. The molecule has 16 heavy (non-hydrogen) atoms. The predicted octanol–water partition coefficient (Wildman–Crippen LogP) is 0.561. The molecule has 0 fully saturated rings. The summed E-state index contributed by atoms with van der Waals surface area (Å²) in [6.45, 7) is 8.08. The van der Waals surface area contributed by atoms with E-state index in [0.717, 1.165) is 26.2 Å². The quantitative estimate of drug-likeness (QED) is 0.540. The van der Waals surface area contributed by atoms with Crippen molar-refractivity contribution in [1.29, 1.82) is 0 Å². The molecule has 0 heterocycles. The molecule has 0 aliphatic rings. The Morgan fingerprint density at radius 1 is 1.25 bits per heavy atom. The van der Waals surface area contributed by atoms with E-state index in [1.54, 1.807) is 0 Å². The first kappa shape index (κ1) is 15.8. The summed E-state index contributed by atoms with van der Waals surface area (Å²) in [6, 6.07) is 0. The van der Waals surface area contributed by atoms with Crippen molar-refractivity contribution in [3.8, 4) is 0 Å². The van der Waals surface area contributed by atoms with Crippen LogP contribution in [0.5, 0.6) is 0 Å². The summed E-state index contributed by atoms with van der Waals surface area (Å²) in [7, 11) is 3.91. The summed E-state index contributed by atoms with van der Waals surface area (Å²) in [5.41, 5.74) is 0. The van der Waals surface area contributed by atoms with Gasteiger partial charge in [0.25, 0.3) is 0 Å². The van der Waals surface area contributed by atoms with E-state index in [1.807, 2.05) is 19.0 Å². The van der Waals surface area contributed by atoms with Gasteiger partial charge in [0.2, 0.25) is 0 Å². The lowest BCUT2D eigenvalue weighted by Crippen LogP contribution is -2.36. The van der Waals surface area contributed by atoms with Crippen molar-refractivity contribution in [1.82, 2.24) is 10.2 Å². The van der Waals surface area contributed by atoms with Crippen LogP contribution in [0.1, 0.15) is 20.3 Å². The largest absolute Gasteiger partial charge is 0.390 e. The Bertz CT molecular complexity index is 152. The van der Waals surface area contributed by atoms with E-state index in [1.165, 1.54) is 0 Å². The second kappa shape index (κ2) is 10.0. The highest BCUT2D eigenvalue weighted by molar-refractivity contribution is 4.61. The Morgan fingerprint density at radius 2 is 1.94 bits per heavy atom. The molecule has 1 unspecified atom stereocenters. The van der Waals surface area contributed by atoms with Crippen LogP contribution in [0.4, 0.5) is 0 Å². The lowest BCUT2D eigenvalue weighted by molar-refractivity contribution is 0.112. The third-order valence-corrected chi connectivity index (χ3v) is 2.22. The molecule has 0 aromatic rings. The SMILES string of the molecule is CC(C)CCOCCNCC(O)CN(C)C. The van der Waals surface area contributed by atoms with E-state index in [4.69, 9.17) is 4.74 Å². The van der Waals surface area contributed by atoms with Gasteiger partial charge in [-0.2, -0.15) is 0 Å². The number of aliphatic hydroxyl groups excluding tert-OH is 1. The van der Waals surface area contributed by atoms with Crippen molar-refractivity contribution < 1.29 is 9.84 Å². The monoisotopic (exact) mass is 232 g/mol. The predicted molar refractivity (Wildman–Crippen MR) is 67.7 cm³/mol. The number of aliphatic hydroxyl groups is 1. The van der Waals surface area contributed by atoms with Crippen LogP contribution < -0.4 is 5.32 Å². The number of likely N-dealkylation sites (N-methyl/N-ethyl adjacent to an activating group) is 1. The minimum absolute atomic E-state index is 0.300. The molecule has 0 bridgehead atoms. The third kappa shape index (κ3) is 11.9. The summed E-state index contributed by atoms with van der Waals surface area (Å²) < 4.78 is 5.45. The lowest BCUT2D eigenvalue weighted by atomic mass is 10.1. The maximum absolute atomic E-state index is 9.55. The number of rotatable bonds is 10. The smallest absolute Gasteiger partial charge is 0.0791 e. The molecule has 0 aliphatic heterocycles. The van der Waals surface area contributed by atoms with Crippen LogP contribution in [-0.4, -0.2) is 63.1 Å². The average Bonchev–Trinajstić information content (AvgIpc) is 2.14. The molecule has 0 spiro atoms. The highest BCUT2D eigenvalue weighted by Gasteiger charge is 2.03. The van der Waals surface area contributed by atoms with Gasteiger partial charge in [-0.25, -0.2) is 0 Å². The van der Waals surface area contributed by atoms with Gasteiger partial charge in [0.05, 0.1) is 12.7 Å². The first-order valence-corrected chi connectivity index (χ1v) is 6.13.